The molecule has 1 aromatic carbocycles. The fourth-order valence-electron chi connectivity index (χ4n) is 5.71. The minimum absolute atomic E-state index is 0.182. The van der Waals surface area contributed by atoms with Crippen molar-refractivity contribution in [3.8, 4) is 0 Å². The molecule has 3 amide bonds. The van der Waals surface area contributed by atoms with Crippen LogP contribution in [0.2, 0.25) is 0 Å². The number of piperazine rings is 1. The molecule has 11 nitrogen and oxygen atoms in total. The van der Waals surface area contributed by atoms with Crippen molar-refractivity contribution in [2.75, 3.05) is 56.0 Å². The number of anilines is 2. The highest BCUT2D eigenvalue weighted by molar-refractivity contribution is 6.06. The third kappa shape index (κ3) is 7.33. The summed E-state index contributed by atoms with van der Waals surface area (Å²) in [6.07, 6.45) is 9.50. The van der Waals surface area contributed by atoms with Gasteiger partial charge in [-0.1, -0.05) is 6.08 Å². The summed E-state index contributed by atoms with van der Waals surface area (Å²) in [5, 5.41) is 5.96. The number of carbonyl (C=O) groups is 3. The molecule has 2 saturated heterocycles. The lowest BCUT2D eigenvalue weighted by Gasteiger charge is -2.39. The quantitative estimate of drug-likeness (QED) is 0.217. The van der Waals surface area contributed by atoms with Crippen LogP contribution in [0.25, 0.3) is 0 Å². The molecule has 11 heteroatoms. The van der Waals surface area contributed by atoms with Crippen molar-refractivity contribution in [1.82, 2.24) is 20.1 Å². The summed E-state index contributed by atoms with van der Waals surface area (Å²) in [6.45, 7) is 12.5. The maximum absolute atomic E-state index is 13.2. The second kappa shape index (κ2) is 13.7. The van der Waals surface area contributed by atoms with E-state index in [9.17, 15) is 14.4 Å². The molecule has 1 saturated carbocycles. The van der Waals surface area contributed by atoms with Crippen molar-refractivity contribution in [3.05, 3.63) is 65.2 Å². The first-order valence-corrected chi connectivity index (χ1v) is 15.1. The molecule has 0 radical (unpaired) electrons. The number of amides is 3. The summed E-state index contributed by atoms with van der Waals surface area (Å²) in [4.78, 5) is 52.9. The van der Waals surface area contributed by atoms with Gasteiger partial charge >= 0.3 is 0 Å². The number of hydrogen-bond acceptors (Lipinski definition) is 8. The van der Waals surface area contributed by atoms with E-state index in [0.29, 0.717) is 49.0 Å². The lowest BCUT2D eigenvalue weighted by Crippen LogP contribution is -2.46. The summed E-state index contributed by atoms with van der Waals surface area (Å²) in [5.41, 5.74) is 4.23. The van der Waals surface area contributed by atoms with Crippen LogP contribution in [0.5, 0.6) is 0 Å². The van der Waals surface area contributed by atoms with E-state index in [1.54, 1.807) is 18.3 Å². The minimum Gasteiger partial charge on any atom is -0.448 e. The molecule has 2 N–H and O–H groups in total. The second-order valence-corrected chi connectivity index (χ2v) is 11.3. The molecule has 2 aliphatic heterocycles. The largest absolute Gasteiger partial charge is 0.448 e. The Hall–Kier alpha value is -4.41. The van der Waals surface area contributed by atoms with Crippen molar-refractivity contribution in [3.63, 3.8) is 0 Å². The van der Waals surface area contributed by atoms with E-state index in [2.05, 4.69) is 43.2 Å². The Balaban J connectivity index is 1.29. The summed E-state index contributed by atoms with van der Waals surface area (Å²) >= 11 is 0. The Morgan fingerprint density at radius 2 is 1.95 bits per heavy atom. The number of carbonyl (C=O) groups excluding carboxylic acids is 3. The van der Waals surface area contributed by atoms with Gasteiger partial charge in [-0.15, -0.1) is 0 Å². The van der Waals surface area contributed by atoms with Crippen LogP contribution in [0.4, 0.5) is 11.4 Å². The zero-order chi connectivity index (χ0) is 30.3. The van der Waals surface area contributed by atoms with E-state index in [1.165, 1.54) is 6.26 Å². The summed E-state index contributed by atoms with van der Waals surface area (Å²) in [5.74, 6) is 0.472. The fourth-order valence-corrected chi connectivity index (χ4v) is 5.71. The van der Waals surface area contributed by atoms with Crippen LogP contribution in [-0.2, 0) is 4.79 Å². The summed E-state index contributed by atoms with van der Waals surface area (Å²) in [6, 6.07) is 5.41. The van der Waals surface area contributed by atoms with E-state index < -0.39 is 0 Å². The minimum atomic E-state index is -0.378. The smallest absolute Gasteiger partial charge is 0.277 e. The number of aliphatic imine (C=N–C) groups is 1. The van der Waals surface area contributed by atoms with E-state index in [1.807, 2.05) is 24.8 Å². The topological polar surface area (TPSA) is 123 Å². The van der Waals surface area contributed by atoms with E-state index in [0.717, 1.165) is 68.9 Å². The Kier molecular flexibility index (Phi) is 9.58. The predicted molar refractivity (Wildman–Crippen MR) is 166 cm³/mol. The Bertz CT molecular complexity index is 1420. The van der Waals surface area contributed by atoms with Gasteiger partial charge < -0.3 is 29.8 Å². The highest BCUT2D eigenvalue weighted by atomic mass is 16.3. The van der Waals surface area contributed by atoms with Gasteiger partial charge in [-0.25, -0.2) is 4.98 Å². The molecule has 3 fully saturated rings. The van der Waals surface area contributed by atoms with Crippen LogP contribution < -0.4 is 15.5 Å². The number of hydrogen-bond donors (Lipinski definition) is 2. The van der Waals surface area contributed by atoms with Gasteiger partial charge in [0.15, 0.2) is 11.6 Å². The van der Waals surface area contributed by atoms with Gasteiger partial charge in [0, 0.05) is 75.6 Å². The second-order valence-electron chi connectivity index (χ2n) is 11.3. The van der Waals surface area contributed by atoms with E-state index in [-0.39, 0.29) is 23.4 Å². The normalized spacial score (nSPS) is 17.8. The molecular formula is C32H41N7O4. The number of benzene rings is 1. The number of aromatic nitrogens is 1. The first-order valence-electron chi connectivity index (χ1n) is 15.1. The van der Waals surface area contributed by atoms with Gasteiger partial charge in [0.05, 0.1) is 11.4 Å². The van der Waals surface area contributed by atoms with Crippen LogP contribution >= 0.6 is 0 Å². The molecule has 228 valence electrons. The van der Waals surface area contributed by atoms with Crippen LogP contribution in [0, 0.1) is 0 Å². The van der Waals surface area contributed by atoms with Gasteiger partial charge in [-0.3, -0.25) is 19.4 Å². The summed E-state index contributed by atoms with van der Waals surface area (Å²) in [7, 11) is 0. The van der Waals surface area contributed by atoms with Crippen molar-refractivity contribution in [2.24, 2.45) is 4.99 Å². The van der Waals surface area contributed by atoms with Crippen LogP contribution in [0.15, 0.2) is 57.4 Å². The van der Waals surface area contributed by atoms with Crippen molar-refractivity contribution >= 4 is 35.8 Å². The molecule has 3 aliphatic rings. The van der Waals surface area contributed by atoms with Crippen LogP contribution in [-0.4, -0.2) is 85.0 Å². The van der Waals surface area contributed by atoms with E-state index in [4.69, 9.17) is 4.42 Å². The summed E-state index contributed by atoms with van der Waals surface area (Å²) < 4.78 is 5.54. The zero-order valence-electron chi connectivity index (χ0n) is 25.1. The molecule has 5 rings (SSSR count). The molecule has 2 aromatic rings. The lowest BCUT2D eigenvalue weighted by atomic mass is 10.1. The standard InChI is InChI=1S/C32H41N7O4/c1-4-27(22(2)20-33-3)37-15-17-38(18-16-37)28-11-10-24(30(41)34-12-6-14-39-13-5-7-29(39)40)19-25(28)35-31(42)26-21-43-32(36-26)23-8-9-23/h4,10-11,19-21,23H,3,5-9,12-18H2,1-2H3,(H,34,41)(H,35,42)/b22-20-,27-4+. The maximum Gasteiger partial charge on any atom is 0.277 e. The molecule has 1 aromatic heterocycles. The van der Waals surface area contributed by atoms with Crippen molar-refractivity contribution < 1.29 is 18.8 Å². The molecule has 0 spiro atoms. The van der Waals surface area contributed by atoms with Crippen LogP contribution in [0.1, 0.15) is 78.6 Å². The number of likely N-dealkylation sites (tertiary alicyclic amines) is 1. The Morgan fingerprint density at radius 1 is 1.16 bits per heavy atom. The van der Waals surface area contributed by atoms with Crippen molar-refractivity contribution in [1.29, 1.82) is 0 Å². The molecule has 3 heterocycles. The highest BCUT2D eigenvalue weighted by Crippen LogP contribution is 2.39. The monoisotopic (exact) mass is 587 g/mol. The van der Waals surface area contributed by atoms with E-state index >= 15 is 0 Å². The number of allylic oxidation sites excluding steroid dienone is 2. The molecule has 0 atom stereocenters. The zero-order valence-corrected chi connectivity index (χ0v) is 25.1. The molecule has 1 aliphatic carbocycles. The van der Waals surface area contributed by atoms with Gasteiger partial charge in [-0.2, -0.15) is 0 Å². The molecule has 0 bridgehead atoms. The lowest BCUT2D eigenvalue weighted by molar-refractivity contribution is -0.127. The van der Waals surface area contributed by atoms with Gasteiger partial charge in [0.2, 0.25) is 5.91 Å². The fraction of sp³-hybridized carbons (Fsp3) is 0.469. The van der Waals surface area contributed by atoms with Gasteiger partial charge in [0.25, 0.3) is 11.8 Å². The average Bonchev–Trinajstić information content (AvgIpc) is 3.59. The third-order valence-electron chi connectivity index (χ3n) is 8.17. The van der Waals surface area contributed by atoms with Gasteiger partial charge in [-0.05, 0) is 70.0 Å². The number of oxazole rings is 1. The third-order valence-corrected chi connectivity index (χ3v) is 8.17. The predicted octanol–water partition coefficient (Wildman–Crippen LogP) is 4.18. The number of rotatable bonds is 12. The maximum atomic E-state index is 13.2. The number of nitrogens with one attached hydrogen (secondary N) is 2. The Labute approximate surface area is 252 Å². The van der Waals surface area contributed by atoms with Gasteiger partial charge in [0.1, 0.15) is 6.26 Å². The SMILES string of the molecule is C=N/C=C(C)\C(=C/C)N1CCN(c2ccc(C(=O)NCCCN3CCCC3=O)cc2NC(=O)c2coc(C3CC3)n2)CC1. The highest BCUT2D eigenvalue weighted by Gasteiger charge is 2.30. The molecule has 0 unspecified atom stereocenters. The first-order chi connectivity index (χ1) is 20.9. The molecule has 43 heavy (non-hydrogen) atoms. The average molecular weight is 588 g/mol. The van der Waals surface area contributed by atoms with Crippen LogP contribution in [0.3, 0.4) is 0 Å². The Morgan fingerprint density at radius 3 is 2.63 bits per heavy atom. The van der Waals surface area contributed by atoms with Crippen molar-refractivity contribution in [2.45, 2.75) is 51.9 Å². The number of nitrogens with zero attached hydrogens (tertiary/aromatic N) is 5. The first kappa shape index (κ1) is 30.1. The molecular weight excluding hydrogens is 546 g/mol.